The maximum absolute atomic E-state index is 12.9. The summed E-state index contributed by atoms with van der Waals surface area (Å²) in [5, 5.41) is 0.624. The SMILES string of the molecule is Fc1c[nH]c2c(Br)cccc12. The summed E-state index contributed by atoms with van der Waals surface area (Å²) in [6, 6.07) is 5.42. The van der Waals surface area contributed by atoms with E-state index in [9.17, 15) is 4.39 Å². The Morgan fingerprint density at radius 3 is 2.91 bits per heavy atom. The van der Waals surface area contributed by atoms with Crippen molar-refractivity contribution in [2.75, 3.05) is 0 Å². The third-order valence-electron chi connectivity index (χ3n) is 1.61. The fourth-order valence-corrected chi connectivity index (χ4v) is 1.56. The summed E-state index contributed by atoms with van der Waals surface area (Å²) >= 11 is 3.31. The predicted molar refractivity (Wildman–Crippen MR) is 46.0 cm³/mol. The number of para-hydroxylation sites is 1. The second kappa shape index (κ2) is 2.34. The molecule has 1 N–H and O–H groups in total. The van der Waals surface area contributed by atoms with E-state index in [1.54, 1.807) is 6.07 Å². The lowest BCUT2D eigenvalue weighted by atomic mass is 10.2. The molecule has 0 saturated heterocycles. The molecule has 0 saturated carbocycles. The molecule has 1 aromatic heterocycles. The Labute approximate surface area is 71.4 Å². The monoisotopic (exact) mass is 213 g/mol. The van der Waals surface area contributed by atoms with Crippen LogP contribution in [0.1, 0.15) is 0 Å². The van der Waals surface area contributed by atoms with Crippen molar-refractivity contribution in [1.29, 1.82) is 0 Å². The van der Waals surface area contributed by atoms with Crippen LogP contribution in [0.25, 0.3) is 10.9 Å². The summed E-state index contributed by atoms with van der Waals surface area (Å²) in [6.07, 6.45) is 1.36. The van der Waals surface area contributed by atoms with Gasteiger partial charge in [-0.15, -0.1) is 0 Å². The van der Waals surface area contributed by atoms with Crippen LogP contribution in [0.3, 0.4) is 0 Å². The van der Waals surface area contributed by atoms with Crippen molar-refractivity contribution >= 4 is 26.8 Å². The average molecular weight is 214 g/mol. The largest absolute Gasteiger partial charge is 0.358 e. The van der Waals surface area contributed by atoms with Crippen molar-refractivity contribution in [2.45, 2.75) is 0 Å². The van der Waals surface area contributed by atoms with E-state index < -0.39 is 0 Å². The number of fused-ring (bicyclic) bond motifs is 1. The molecule has 0 spiro atoms. The molecule has 0 unspecified atom stereocenters. The molecule has 0 aliphatic carbocycles. The highest BCUT2D eigenvalue weighted by Gasteiger charge is 2.03. The molecule has 0 aliphatic heterocycles. The van der Waals surface area contributed by atoms with E-state index in [-0.39, 0.29) is 5.82 Å². The van der Waals surface area contributed by atoms with Gasteiger partial charge in [-0.2, -0.15) is 0 Å². The van der Waals surface area contributed by atoms with Gasteiger partial charge in [0.15, 0.2) is 0 Å². The number of hydrogen-bond donors (Lipinski definition) is 1. The zero-order valence-corrected chi connectivity index (χ0v) is 7.15. The highest BCUT2D eigenvalue weighted by Crippen LogP contribution is 2.23. The molecule has 2 rings (SSSR count). The minimum absolute atomic E-state index is 0.207. The lowest BCUT2D eigenvalue weighted by Crippen LogP contribution is -1.70. The number of benzene rings is 1. The maximum atomic E-state index is 12.9. The summed E-state index contributed by atoms with van der Waals surface area (Å²) in [7, 11) is 0. The molecular weight excluding hydrogens is 209 g/mol. The average Bonchev–Trinajstić information content (AvgIpc) is 2.35. The molecule has 0 atom stereocenters. The number of nitrogens with one attached hydrogen (secondary N) is 1. The minimum Gasteiger partial charge on any atom is -0.358 e. The van der Waals surface area contributed by atoms with E-state index >= 15 is 0 Å². The van der Waals surface area contributed by atoms with Gasteiger partial charge >= 0.3 is 0 Å². The van der Waals surface area contributed by atoms with Crippen LogP contribution in [0.5, 0.6) is 0 Å². The summed E-state index contributed by atoms with van der Waals surface area (Å²) in [6.45, 7) is 0. The Balaban J connectivity index is 2.94. The summed E-state index contributed by atoms with van der Waals surface area (Å²) in [4.78, 5) is 2.83. The maximum Gasteiger partial charge on any atom is 0.148 e. The second-order valence-corrected chi connectivity index (χ2v) is 3.15. The van der Waals surface area contributed by atoms with E-state index in [4.69, 9.17) is 0 Å². The number of rotatable bonds is 0. The normalized spacial score (nSPS) is 10.7. The number of halogens is 2. The number of aromatic nitrogens is 1. The van der Waals surface area contributed by atoms with Crippen molar-refractivity contribution in [2.24, 2.45) is 0 Å². The van der Waals surface area contributed by atoms with Gasteiger partial charge in [0.1, 0.15) is 5.82 Å². The topological polar surface area (TPSA) is 15.8 Å². The van der Waals surface area contributed by atoms with Gasteiger partial charge in [-0.05, 0) is 28.1 Å². The number of H-pyrrole nitrogens is 1. The standard InChI is InChI=1S/C8H5BrFN/c9-6-3-1-2-5-7(10)4-11-8(5)6/h1-4,11H. The van der Waals surface area contributed by atoms with Gasteiger partial charge in [-0.25, -0.2) is 4.39 Å². The Kier molecular flexibility index (Phi) is 1.46. The molecule has 0 radical (unpaired) electrons. The molecule has 0 fully saturated rings. The predicted octanol–water partition coefficient (Wildman–Crippen LogP) is 3.07. The smallest absolute Gasteiger partial charge is 0.148 e. The first kappa shape index (κ1) is 6.85. The fraction of sp³-hybridized carbons (Fsp3) is 0. The van der Waals surface area contributed by atoms with Crippen LogP contribution in [-0.2, 0) is 0 Å². The third-order valence-corrected chi connectivity index (χ3v) is 2.27. The molecule has 0 amide bonds. The first-order valence-electron chi connectivity index (χ1n) is 3.20. The van der Waals surface area contributed by atoms with Crippen LogP contribution in [0, 0.1) is 5.82 Å². The van der Waals surface area contributed by atoms with Crippen molar-refractivity contribution in [3.63, 3.8) is 0 Å². The first-order valence-corrected chi connectivity index (χ1v) is 3.99. The van der Waals surface area contributed by atoms with Crippen LogP contribution < -0.4 is 0 Å². The van der Waals surface area contributed by atoms with Crippen molar-refractivity contribution in [3.05, 3.63) is 34.7 Å². The van der Waals surface area contributed by atoms with Crippen LogP contribution in [0.15, 0.2) is 28.9 Å². The molecule has 11 heavy (non-hydrogen) atoms. The van der Waals surface area contributed by atoms with E-state index in [0.717, 1.165) is 9.99 Å². The van der Waals surface area contributed by atoms with Gasteiger partial charge in [0.2, 0.25) is 0 Å². The molecular formula is C8H5BrFN. The van der Waals surface area contributed by atoms with E-state index in [2.05, 4.69) is 20.9 Å². The zero-order valence-electron chi connectivity index (χ0n) is 5.57. The van der Waals surface area contributed by atoms with E-state index in [1.165, 1.54) is 6.20 Å². The summed E-state index contributed by atoms with van der Waals surface area (Å²) < 4.78 is 13.8. The summed E-state index contributed by atoms with van der Waals surface area (Å²) in [5.41, 5.74) is 0.810. The number of hydrogen-bond acceptors (Lipinski definition) is 0. The Morgan fingerprint density at radius 2 is 2.18 bits per heavy atom. The molecule has 1 heterocycles. The van der Waals surface area contributed by atoms with Crippen LogP contribution in [0.4, 0.5) is 4.39 Å². The zero-order chi connectivity index (χ0) is 7.84. The van der Waals surface area contributed by atoms with Gasteiger partial charge in [0, 0.05) is 16.1 Å². The van der Waals surface area contributed by atoms with Crippen LogP contribution in [0.2, 0.25) is 0 Å². The highest BCUT2D eigenvalue weighted by atomic mass is 79.9. The second-order valence-electron chi connectivity index (χ2n) is 2.30. The number of aromatic amines is 1. The fourth-order valence-electron chi connectivity index (χ4n) is 1.08. The molecule has 0 bridgehead atoms. The van der Waals surface area contributed by atoms with Gasteiger partial charge < -0.3 is 4.98 Å². The van der Waals surface area contributed by atoms with Crippen molar-refractivity contribution in [3.8, 4) is 0 Å². The van der Waals surface area contributed by atoms with Crippen LogP contribution >= 0.6 is 15.9 Å². The molecule has 3 heteroatoms. The van der Waals surface area contributed by atoms with E-state index in [0.29, 0.717) is 5.39 Å². The third kappa shape index (κ3) is 0.959. The molecule has 0 aliphatic rings. The van der Waals surface area contributed by atoms with Crippen LogP contribution in [-0.4, -0.2) is 4.98 Å². The van der Waals surface area contributed by atoms with Gasteiger partial charge in [0.05, 0.1) is 5.52 Å². The van der Waals surface area contributed by atoms with Crippen molar-refractivity contribution in [1.82, 2.24) is 4.98 Å². The Morgan fingerprint density at radius 1 is 1.36 bits per heavy atom. The highest BCUT2D eigenvalue weighted by molar-refractivity contribution is 9.10. The lowest BCUT2D eigenvalue weighted by molar-refractivity contribution is 0.639. The first-order chi connectivity index (χ1) is 5.29. The Bertz CT molecular complexity index is 394. The molecule has 2 aromatic rings. The molecule has 1 aromatic carbocycles. The Hall–Kier alpha value is -0.830. The quantitative estimate of drug-likeness (QED) is 0.693. The summed E-state index contributed by atoms with van der Waals surface area (Å²) in [5.74, 6) is -0.207. The molecule has 56 valence electrons. The van der Waals surface area contributed by atoms with Gasteiger partial charge in [0.25, 0.3) is 0 Å². The van der Waals surface area contributed by atoms with Gasteiger partial charge in [-0.1, -0.05) is 6.07 Å². The van der Waals surface area contributed by atoms with Crippen molar-refractivity contribution < 1.29 is 4.39 Å². The van der Waals surface area contributed by atoms with E-state index in [1.807, 2.05) is 12.1 Å². The molecule has 1 nitrogen and oxygen atoms in total. The van der Waals surface area contributed by atoms with Gasteiger partial charge in [-0.3, -0.25) is 0 Å². The minimum atomic E-state index is -0.207. The lowest BCUT2D eigenvalue weighted by Gasteiger charge is -1.91.